The van der Waals surface area contributed by atoms with Gasteiger partial charge in [0, 0.05) is 19.7 Å². The van der Waals surface area contributed by atoms with E-state index in [4.69, 9.17) is 5.14 Å². The molecule has 1 aromatic heterocycles. The third-order valence-corrected chi connectivity index (χ3v) is 3.97. The Morgan fingerprint density at radius 1 is 1.48 bits per heavy atom. The summed E-state index contributed by atoms with van der Waals surface area (Å²) in [6.45, 7) is 0. The quantitative estimate of drug-likeness (QED) is 0.565. The van der Waals surface area contributed by atoms with E-state index in [2.05, 4.69) is 10.6 Å². The lowest BCUT2D eigenvalue weighted by Gasteiger charge is -2.21. The fourth-order valence-corrected chi connectivity index (χ4v) is 2.56. The van der Waals surface area contributed by atoms with Crippen LogP contribution < -0.4 is 15.8 Å². The Balaban J connectivity index is 2.16. The number of aromatic nitrogens is 1. The zero-order valence-electron chi connectivity index (χ0n) is 11.1. The summed E-state index contributed by atoms with van der Waals surface area (Å²) in [5.41, 5.74) is 0.0451. The monoisotopic (exact) mass is 314 g/mol. The van der Waals surface area contributed by atoms with Gasteiger partial charge >= 0.3 is 0 Å². The van der Waals surface area contributed by atoms with Crippen molar-refractivity contribution in [2.75, 3.05) is 0 Å². The number of hydrogen-bond acceptors (Lipinski definition) is 5. The number of imide groups is 1. The minimum atomic E-state index is -3.91. The first-order valence-electron chi connectivity index (χ1n) is 6.02. The van der Waals surface area contributed by atoms with Gasteiger partial charge in [-0.3, -0.25) is 19.7 Å². The number of primary sulfonamides is 1. The number of nitrogens with one attached hydrogen (secondary N) is 2. The molecule has 0 aliphatic carbocycles. The van der Waals surface area contributed by atoms with Crippen molar-refractivity contribution >= 4 is 27.7 Å². The second-order valence-corrected chi connectivity index (χ2v) is 6.26. The minimum absolute atomic E-state index is 0.0451. The maximum absolute atomic E-state index is 12.1. The van der Waals surface area contributed by atoms with Crippen molar-refractivity contribution in [2.45, 2.75) is 23.8 Å². The van der Waals surface area contributed by atoms with Gasteiger partial charge in [0.15, 0.2) is 0 Å². The molecule has 1 aliphatic heterocycles. The molecule has 0 aromatic carbocycles. The molecule has 0 saturated carbocycles. The van der Waals surface area contributed by atoms with Gasteiger partial charge in [-0.25, -0.2) is 13.6 Å². The summed E-state index contributed by atoms with van der Waals surface area (Å²) >= 11 is 0. The van der Waals surface area contributed by atoms with Crippen LogP contribution in [0.1, 0.15) is 23.3 Å². The molecule has 1 unspecified atom stereocenters. The summed E-state index contributed by atoms with van der Waals surface area (Å²) in [7, 11) is -2.43. The summed E-state index contributed by atoms with van der Waals surface area (Å²) < 4.78 is 23.8. The summed E-state index contributed by atoms with van der Waals surface area (Å²) in [6.07, 6.45) is 1.53. The molecule has 0 bridgehead atoms. The maximum Gasteiger partial charge on any atom is 0.268 e. The van der Waals surface area contributed by atoms with Crippen molar-refractivity contribution in [2.24, 2.45) is 12.2 Å². The molecule has 1 aromatic rings. The maximum atomic E-state index is 12.1. The topological polar surface area (TPSA) is 140 Å². The number of sulfonamides is 1. The lowest BCUT2D eigenvalue weighted by molar-refractivity contribution is -0.134. The first kappa shape index (κ1) is 15.2. The molecule has 2 heterocycles. The average Bonchev–Trinajstić information content (AvgIpc) is 2.75. The molecule has 3 amide bonds. The van der Waals surface area contributed by atoms with Crippen LogP contribution >= 0.6 is 0 Å². The Morgan fingerprint density at radius 2 is 2.14 bits per heavy atom. The van der Waals surface area contributed by atoms with Crippen molar-refractivity contribution in [1.29, 1.82) is 0 Å². The number of aryl methyl sites for hydroxylation is 1. The van der Waals surface area contributed by atoms with Crippen LogP contribution in [0.3, 0.4) is 0 Å². The molecule has 1 saturated heterocycles. The summed E-state index contributed by atoms with van der Waals surface area (Å²) in [6, 6.07) is 0.291. The van der Waals surface area contributed by atoms with E-state index in [1.165, 1.54) is 17.8 Å². The number of nitrogens with zero attached hydrogens (tertiary/aromatic N) is 1. The summed E-state index contributed by atoms with van der Waals surface area (Å²) in [5.74, 6) is -1.59. The van der Waals surface area contributed by atoms with E-state index in [-0.39, 0.29) is 29.3 Å². The van der Waals surface area contributed by atoms with E-state index in [9.17, 15) is 22.8 Å². The molecule has 1 atom stereocenters. The van der Waals surface area contributed by atoms with Crippen LogP contribution in [0.25, 0.3) is 0 Å². The van der Waals surface area contributed by atoms with Crippen LogP contribution in [0.4, 0.5) is 0 Å². The van der Waals surface area contributed by atoms with Gasteiger partial charge in [0.2, 0.25) is 21.8 Å². The molecule has 114 valence electrons. The van der Waals surface area contributed by atoms with Gasteiger partial charge in [0.05, 0.1) is 0 Å². The molecule has 2 rings (SSSR count). The van der Waals surface area contributed by atoms with Crippen molar-refractivity contribution in [3.8, 4) is 0 Å². The fourth-order valence-electron chi connectivity index (χ4n) is 1.98. The predicted molar refractivity (Wildman–Crippen MR) is 70.4 cm³/mol. The fraction of sp³-hybridized carbons (Fsp3) is 0.364. The third kappa shape index (κ3) is 3.28. The molecular formula is C11H14N4O5S. The SMILES string of the molecule is Cn1cc(S(N)(=O)=O)cc1C(=O)NC1CCC(=O)NC1=O. The summed E-state index contributed by atoms with van der Waals surface area (Å²) in [4.78, 5) is 34.4. The van der Waals surface area contributed by atoms with Crippen LogP contribution in [0.5, 0.6) is 0 Å². The highest BCUT2D eigenvalue weighted by Crippen LogP contribution is 2.13. The lowest BCUT2D eigenvalue weighted by Crippen LogP contribution is -2.52. The van der Waals surface area contributed by atoms with Gasteiger partial charge in [-0.1, -0.05) is 0 Å². The van der Waals surface area contributed by atoms with Gasteiger partial charge in [0.25, 0.3) is 5.91 Å². The van der Waals surface area contributed by atoms with Crippen LogP contribution in [-0.2, 0) is 26.7 Å². The van der Waals surface area contributed by atoms with E-state index in [1.807, 2.05) is 0 Å². The molecule has 9 nitrogen and oxygen atoms in total. The Labute approximate surface area is 120 Å². The Bertz CT molecular complexity index is 721. The van der Waals surface area contributed by atoms with Crippen LogP contribution in [0, 0.1) is 0 Å². The first-order valence-corrected chi connectivity index (χ1v) is 7.57. The Kier molecular flexibility index (Phi) is 3.83. The Hall–Kier alpha value is -2.20. The molecule has 1 aliphatic rings. The van der Waals surface area contributed by atoms with E-state index in [0.717, 1.165) is 6.07 Å². The smallest absolute Gasteiger partial charge is 0.268 e. The minimum Gasteiger partial charge on any atom is -0.345 e. The molecule has 1 fully saturated rings. The molecule has 0 radical (unpaired) electrons. The zero-order valence-corrected chi connectivity index (χ0v) is 11.9. The van der Waals surface area contributed by atoms with Gasteiger partial charge in [-0.05, 0) is 12.5 Å². The molecule has 10 heteroatoms. The first-order chi connectivity index (χ1) is 9.68. The van der Waals surface area contributed by atoms with Crippen molar-refractivity contribution in [1.82, 2.24) is 15.2 Å². The lowest BCUT2D eigenvalue weighted by atomic mass is 10.1. The number of hydrogen-bond donors (Lipinski definition) is 3. The van der Waals surface area contributed by atoms with E-state index >= 15 is 0 Å². The highest BCUT2D eigenvalue weighted by molar-refractivity contribution is 7.89. The van der Waals surface area contributed by atoms with Crippen LogP contribution in [0.2, 0.25) is 0 Å². The largest absolute Gasteiger partial charge is 0.345 e. The number of rotatable bonds is 3. The number of carbonyl (C=O) groups is 3. The average molecular weight is 314 g/mol. The van der Waals surface area contributed by atoms with E-state index in [1.54, 1.807) is 0 Å². The summed E-state index contributed by atoms with van der Waals surface area (Å²) in [5, 5.41) is 9.55. The third-order valence-electron chi connectivity index (χ3n) is 3.09. The molecular weight excluding hydrogens is 300 g/mol. The van der Waals surface area contributed by atoms with Crippen molar-refractivity contribution in [3.63, 3.8) is 0 Å². The van der Waals surface area contributed by atoms with Gasteiger partial charge in [-0.2, -0.15) is 0 Å². The second kappa shape index (κ2) is 5.30. The van der Waals surface area contributed by atoms with E-state index in [0.29, 0.717) is 0 Å². The van der Waals surface area contributed by atoms with Crippen LogP contribution in [0.15, 0.2) is 17.2 Å². The number of carbonyl (C=O) groups excluding carboxylic acids is 3. The number of amides is 3. The van der Waals surface area contributed by atoms with Gasteiger partial charge < -0.3 is 9.88 Å². The van der Waals surface area contributed by atoms with Crippen LogP contribution in [-0.4, -0.2) is 36.7 Å². The van der Waals surface area contributed by atoms with Gasteiger partial charge in [-0.15, -0.1) is 0 Å². The molecule has 0 spiro atoms. The second-order valence-electron chi connectivity index (χ2n) is 4.69. The predicted octanol–water partition coefficient (Wildman–Crippen LogP) is -1.79. The highest BCUT2D eigenvalue weighted by atomic mass is 32.2. The normalized spacial score (nSPS) is 19.2. The zero-order chi connectivity index (χ0) is 15.8. The standard InChI is InChI=1S/C11H14N4O5S/c1-15-5-6(21(12,19)20)4-8(15)11(18)13-7-2-3-9(16)14-10(7)17/h4-5,7H,2-3H2,1H3,(H,13,18)(H2,12,19,20)(H,14,16,17). The van der Waals surface area contributed by atoms with Crippen molar-refractivity contribution in [3.05, 3.63) is 18.0 Å². The van der Waals surface area contributed by atoms with Gasteiger partial charge in [0.1, 0.15) is 16.6 Å². The number of nitrogens with two attached hydrogens (primary N) is 1. The van der Waals surface area contributed by atoms with E-state index < -0.39 is 27.9 Å². The molecule has 21 heavy (non-hydrogen) atoms. The molecule has 4 N–H and O–H groups in total. The number of piperidine rings is 1. The highest BCUT2D eigenvalue weighted by Gasteiger charge is 2.29. The van der Waals surface area contributed by atoms with Crippen molar-refractivity contribution < 1.29 is 22.8 Å². The Morgan fingerprint density at radius 3 is 2.67 bits per heavy atom.